The molecule has 8 heteroatoms. The molecule has 2 fully saturated rings. The van der Waals surface area contributed by atoms with Crippen molar-refractivity contribution >= 4 is 22.7 Å². The molecule has 2 amide bonds. The van der Waals surface area contributed by atoms with E-state index in [0.29, 0.717) is 38.6 Å². The van der Waals surface area contributed by atoms with Gasteiger partial charge in [0.05, 0.1) is 12.5 Å². The van der Waals surface area contributed by atoms with E-state index in [1.807, 2.05) is 19.0 Å². The second-order valence-electron chi connectivity index (χ2n) is 10.0. The van der Waals surface area contributed by atoms with Crippen molar-refractivity contribution in [1.82, 2.24) is 25.0 Å². The number of aryl methyl sites for hydroxylation is 1. The number of amides is 2. The minimum absolute atomic E-state index is 0.00484. The van der Waals surface area contributed by atoms with E-state index >= 15 is 0 Å². The van der Waals surface area contributed by atoms with Crippen LogP contribution in [0.25, 0.3) is 10.9 Å². The first-order valence-electron chi connectivity index (χ1n) is 12.5. The van der Waals surface area contributed by atoms with Gasteiger partial charge in [0, 0.05) is 69.1 Å². The average Bonchev–Trinajstić information content (AvgIpc) is 3.60. The predicted molar refractivity (Wildman–Crippen MR) is 133 cm³/mol. The largest absolute Gasteiger partial charge is 0.385 e. The molecule has 2 atom stereocenters. The number of carbonyl (C=O) groups excluding carboxylic acids is 2. The lowest BCUT2D eigenvalue weighted by Crippen LogP contribution is -2.54. The number of para-hydroxylation sites is 1. The second kappa shape index (κ2) is 11.3. The number of aromatic nitrogens is 1. The number of fused-ring (bicyclic) bond motifs is 1. The molecule has 1 aromatic carbocycles. The van der Waals surface area contributed by atoms with Crippen LogP contribution in [0.5, 0.6) is 0 Å². The van der Waals surface area contributed by atoms with Crippen LogP contribution in [0.4, 0.5) is 0 Å². The standard InChI is InChI=1S/C26H39N5O3/c1-29(2)18-25(32)28-21-13-19(14-27-15-21)26(33)31(22-9-10-22)17-20-16-30(11-6-12-34-3)24-8-5-4-7-23(20)24/h4-5,7-8,16,19,21-22,27H,6,9-15,17-18H2,1-3H3,(H,28,32)/t19-,21+/m0/s1. The molecule has 4 rings (SSSR count). The van der Waals surface area contributed by atoms with Crippen LogP contribution < -0.4 is 10.6 Å². The zero-order valence-electron chi connectivity index (χ0n) is 20.8. The van der Waals surface area contributed by atoms with Crippen molar-refractivity contribution in [1.29, 1.82) is 0 Å². The minimum Gasteiger partial charge on any atom is -0.385 e. The highest BCUT2D eigenvalue weighted by molar-refractivity contribution is 5.85. The Hall–Kier alpha value is -2.42. The highest BCUT2D eigenvalue weighted by Gasteiger charge is 2.38. The van der Waals surface area contributed by atoms with Gasteiger partial charge in [0.25, 0.3) is 0 Å². The summed E-state index contributed by atoms with van der Waals surface area (Å²) in [6, 6.07) is 8.76. The molecule has 1 aliphatic heterocycles. The summed E-state index contributed by atoms with van der Waals surface area (Å²) in [5, 5.41) is 7.68. The lowest BCUT2D eigenvalue weighted by molar-refractivity contribution is -0.138. The summed E-state index contributed by atoms with van der Waals surface area (Å²) in [6.07, 6.45) is 6.00. The van der Waals surface area contributed by atoms with Crippen molar-refractivity contribution < 1.29 is 14.3 Å². The maximum Gasteiger partial charge on any atom is 0.234 e. The number of hydrogen-bond acceptors (Lipinski definition) is 5. The maximum absolute atomic E-state index is 13.7. The van der Waals surface area contributed by atoms with E-state index in [1.54, 1.807) is 7.11 Å². The Bertz CT molecular complexity index is 984. The fraction of sp³-hybridized carbons (Fsp3) is 0.615. The molecule has 1 saturated carbocycles. The van der Waals surface area contributed by atoms with E-state index in [2.05, 4.69) is 50.6 Å². The molecule has 8 nitrogen and oxygen atoms in total. The number of carbonyl (C=O) groups is 2. The number of methoxy groups -OCH3 is 1. The van der Waals surface area contributed by atoms with Gasteiger partial charge in [0.2, 0.25) is 11.8 Å². The van der Waals surface area contributed by atoms with Crippen LogP contribution >= 0.6 is 0 Å². The second-order valence-corrected chi connectivity index (χ2v) is 10.0. The summed E-state index contributed by atoms with van der Waals surface area (Å²) in [7, 11) is 5.50. The summed E-state index contributed by atoms with van der Waals surface area (Å²) in [5.41, 5.74) is 2.41. The number of benzene rings is 1. The molecule has 0 radical (unpaired) electrons. The Kier molecular flexibility index (Phi) is 8.24. The van der Waals surface area contributed by atoms with E-state index in [1.165, 1.54) is 16.5 Å². The first kappa shape index (κ1) is 24.7. The van der Waals surface area contributed by atoms with Gasteiger partial charge in [-0.25, -0.2) is 0 Å². The minimum atomic E-state index is -0.117. The molecule has 34 heavy (non-hydrogen) atoms. The maximum atomic E-state index is 13.7. The number of piperidine rings is 1. The highest BCUT2D eigenvalue weighted by atomic mass is 16.5. The van der Waals surface area contributed by atoms with Crippen LogP contribution in [-0.2, 0) is 27.4 Å². The molecule has 0 spiro atoms. The fourth-order valence-electron chi connectivity index (χ4n) is 5.00. The fourth-order valence-corrected chi connectivity index (χ4v) is 5.00. The summed E-state index contributed by atoms with van der Waals surface area (Å²) in [6.45, 7) is 4.00. The van der Waals surface area contributed by atoms with Gasteiger partial charge in [-0.05, 0) is 51.4 Å². The van der Waals surface area contributed by atoms with Crippen molar-refractivity contribution in [3.05, 3.63) is 36.0 Å². The lowest BCUT2D eigenvalue weighted by atomic mass is 9.94. The van der Waals surface area contributed by atoms with E-state index in [0.717, 1.165) is 32.4 Å². The van der Waals surface area contributed by atoms with Crippen LogP contribution in [0.1, 0.15) is 31.2 Å². The van der Waals surface area contributed by atoms with Crippen LogP contribution in [0.3, 0.4) is 0 Å². The molecule has 2 N–H and O–H groups in total. The topological polar surface area (TPSA) is 78.8 Å². The molecule has 2 heterocycles. The van der Waals surface area contributed by atoms with Crippen molar-refractivity contribution in [3.63, 3.8) is 0 Å². The van der Waals surface area contributed by atoms with Gasteiger partial charge in [-0.3, -0.25) is 9.59 Å². The summed E-state index contributed by atoms with van der Waals surface area (Å²) >= 11 is 0. The van der Waals surface area contributed by atoms with Gasteiger partial charge in [-0.1, -0.05) is 18.2 Å². The van der Waals surface area contributed by atoms with Crippen LogP contribution in [0.2, 0.25) is 0 Å². The summed E-state index contributed by atoms with van der Waals surface area (Å²) < 4.78 is 7.53. The molecule has 1 aromatic heterocycles. The van der Waals surface area contributed by atoms with E-state index < -0.39 is 0 Å². The molecule has 1 saturated heterocycles. The number of rotatable bonds is 11. The zero-order chi connectivity index (χ0) is 24.1. The van der Waals surface area contributed by atoms with Gasteiger partial charge >= 0.3 is 0 Å². The van der Waals surface area contributed by atoms with E-state index in [9.17, 15) is 9.59 Å². The van der Waals surface area contributed by atoms with Crippen molar-refractivity contribution in [2.45, 2.75) is 50.9 Å². The monoisotopic (exact) mass is 469 g/mol. The molecular weight excluding hydrogens is 430 g/mol. The normalized spacial score (nSPS) is 20.6. The number of nitrogens with zero attached hydrogens (tertiary/aromatic N) is 3. The first-order chi connectivity index (χ1) is 16.5. The van der Waals surface area contributed by atoms with Gasteiger partial charge in [-0.15, -0.1) is 0 Å². The summed E-state index contributed by atoms with van der Waals surface area (Å²) in [4.78, 5) is 29.9. The lowest BCUT2D eigenvalue weighted by Gasteiger charge is -2.34. The number of nitrogens with one attached hydrogen (secondary N) is 2. The Morgan fingerprint density at radius 1 is 1.21 bits per heavy atom. The van der Waals surface area contributed by atoms with Crippen LogP contribution in [-0.4, -0.2) is 85.7 Å². The molecule has 0 bridgehead atoms. The summed E-state index contributed by atoms with van der Waals surface area (Å²) in [5.74, 6) is 0.0945. The predicted octanol–water partition coefficient (Wildman–Crippen LogP) is 1.82. The number of ether oxygens (including phenoxy) is 1. The molecule has 186 valence electrons. The van der Waals surface area contributed by atoms with Crippen molar-refractivity contribution in [3.8, 4) is 0 Å². The molecule has 2 aromatic rings. The van der Waals surface area contributed by atoms with Crippen molar-refractivity contribution in [2.24, 2.45) is 5.92 Å². The van der Waals surface area contributed by atoms with E-state index in [4.69, 9.17) is 4.74 Å². The van der Waals surface area contributed by atoms with Gasteiger partial charge in [-0.2, -0.15) is 0 Å². The molecule has 0 unspecified atom stereocenters. The molecule has 1 aliphatic carbocycles. The van der Waals surface area contributed by atoms with Crippen LogP contribution in [0.15, 0.2) is 30.5 Å². The van der Waals surface area contributed by atoms with Crippen molar-refractivity contribution in [2.75, 3.05) is 47.4 Å². The average molecular weight is 470 g/mol. The quantitative estimate of drug-likeness (QED) is 0.491. The van der Waals surface area contributed by atoms with Gasteiger partial charge in [0.1, 0.15) is 0 Å². The number of likely N-dealkylation sites (N-methyl/N-ethyl adjacent to an activating group) is 1. The Balaban J connectivity index is 1.46. The van der Waals surface area contributed by atoms with Gasteiger partial charge in [0.15, 0.2) is 0 Å². The smallest absolute Gasteiger partial charge is 0.234 e. The van der Waals surface area contributed by atoms with Gasteiger partial charge < -0.3 is 29.7 Å². The third-order valence-corrected chi connectivity index (χ3v) is 6.75. The third-order valence-electron chi connectivity index (χ3n) is 6.75. The first-order valence-corrected chi connectivity index (χ1v) is 12.5. The molecule has 2 aliphatic rings. The molecular formula is C26H39N5O3. The Labute approximate surface area is 202 Å². The highest BCUT2D eigenvalue weighted by Crippen LogP contribution is 2.33. The Morgan fingerprint density at radius 2 is 2.00 bits per heavy atom. The zero-order valence-corrected chi connectivity index (χ0v) is 20.8. The van der Waals surface area contributed by atoms with E-state index in [-0.39, 0.29) is 23.8 Å². The SMILES string of the molecule is COCCCn1cc(CN(C(=O)[C@@H]2CNC[C@H](NC(=O)CN(C)C)C2)C2CC2)c2ccccc21. The third kappa shape index (κ3) is 6.17. The number of hydrogen-bond donors (Lipinski definition) is 2. The van der Waals surface area contributed by atoms with Crippen LogP contribution in [0, 0.1) is 5.92 Å². The Morgan fingerprint density at radius 3 is 2.74 bits per heavy atom.